The normalized spacial score (nSPS) is 27.5. The third-order valence-electron chi connectivity index (χ3n) is 4.29. The van der Waals surface area contributed by atoms with Crippen LogP contribution in [0.2, 0.25) is 0 Å². The van der Waals surface area contributed by atoms with Crippen molar-refractivity contribution >= 4 is 62.9 Å². The minimum absolute atomic E-state index is 0.0140. The lowest BCUT2D eigenvalue weighted by atomic mass is 10.1. The Hall–Kier alpha value is -0.560. The summed E-state index contributed by atoms with van der Waals surface area (Å²) in [5, 5.41) is 21.1. The molecule has 21 heteroatoms. The molecular weight excluding hydrogens is 628 g/mol. The Kier molecular flexibility index (Phi) is 8.05. The van der Waals surface area contributed by atoms with Gasteiger partial charge in [0.05, 0.1) is 18.5 Å². The number of fused-ring (bicyclic) bond motifs is 1. The maximum Gasteiger partial charge on any atom is 0.490 e. The van der Waals surface area contributed by atoms with E-state index in [0.29, 0.717) is 11.0 Å². The lowest BCUT2D eigenvalue weighted by Gasteiger charge is -2.19. The van der Waals surface area contributed by atoms with Crippen molar-refractivity contribution in [3.63, 3.8) is 0 Å². The maximum absolute atomic E-state index is 11.8. The first-order chi connectivity index (χ1) is 15.1. The molecule has 186 valence electrons. The van der Waals surface area contributed by atoms with Gasteiger partial charge in [-0.25, -0.2) is 23.7 Å². The van der Waals surface area contributed by atoms with Crippen molar-refractivity contribution in [2.45, 2.75) is 31.0 Å². The van der Waals surface area contributed by atoms with E-state index >= 15 is 0 Å². The highest BCUT2D eigenvalue weighted by Gasteiger charge is 2.46. The minimum atomic E-state index is -5.69. The number of halogens is 1. The van der Waals surface area contributed by atoms with Gasteiger partial charge in [0.25, 0.3) is 0 Å². The zero-order chi connectivity index (χ0) is 24.8. The molecule has 0 bridgehead atoms. The van der Waals surface area contributed by atoms with Gasteiger partial charge in [-0.05, 0) is 22.6 Å². The van der Waals surface area contributed by atoms with Crippen LogP contribution in [0.15, 0.2) is 12.5 Å². The van der Waals surface area contributed by atoms with Crippen LogP contribution in [0.3, 0.4) is 0 Å². The summed E-state index contributed by atoms with van der Waals surface area (Å²) in [7, 11) is -16.6. The first-order valence-corrected chi connectivity index (χ1v) is 14.2. The number of phosphoric acid groups is 3. The molecule has 0 spiro atoms. The maximum atomic E-state index is 11.8. The largest absolute Gasteiger partial charge is 0.490 e. The number of aliphatic hydroxyl groups is 2. The number of aliphatic hydroxyl groups excluding tert-OH is 2. The quantitative estimate of drug-likeness (QED) is 0.133. The highest BCUT2D eigenvalue weighted by Crippen LogP contribution is 2.66. The third-order valence-corrected chi connectivity index (χ3v) is 8.91. The van der Waals surface area contributed by atoms with Crippen LogP contribution in [0.25, 0.3) is 11.0 Å². The van der Waals surface area contributed by atoms with E-state index in [1.807, 2.05) is 22.6 Å². The van der Waals surface area contributed by atoms with Crippen molar-refractivity contribution in [3.05, 3.63) is 16.1 Å². The molecule has 3 rings (SSSR count). The second kappa shape index (κ2) is 9.83. The molecule has 0 amide bonds. The molecule has 33 heavy (non-hydrogen) atoms. The number of phosphoric ester groups is 1. The Balaban J connectivity index is 1.65. The number of ether oxygens (including phenoxy) is 1. The topological polar surface area (TPSA) is 266 Å². The van der Waals surface area contributed by atoms with Crippen LogP contribution in [-0.4, -0.2) is 75.3 Å². The molecule has 3 unspecified atom stereocenters. The minimum Gasteiger partial charge on any atom is -0.388 e. The number of nitrogens with two attached hydrogens (primary N) is 1. The summed E-state index contributed by atoms with van der Waals surface area (Å²) >= 11 is 2.02. The molecule has 0 aromatic carbocycles. The van der Waals surface area contributed by atoms with Gasteiger partial charge in [0.1, 0.15) is 42.2 Å². The predicted molar refractivity (Wildman–Crippen MR) is 115 cm³/mol. The summed E-state index contributed by atoms with van der Waals surface area (Å²) in [6.45, 7) is -0.919. The van der Waals surface area contributed by atoms with Crippen molar-refractivity contribution in [1.29, 1.82) is 0 Å². The van der Waals surface area contributed by atoms with Gasteiger partial charge in [-0.2, -0.15) is 8.62 Å². The zero-order valence-electron chi connectivity index (χ0n) is 16.1. The average Bonchev–Trinajstić information content (AvgIpc) is 3.09. The molecule has 8 N–H and O–H groups in total. The summed E-state index contributed by atoms with van der Waals surface area (Å²) in [6, 6.07) is 0. The van der Waals surface area contributed by atoms with Crippen LogP contribution in [-0.2, 0) is 38.1 Å². The van der Waals surface area contributed by atoms with Crippen LogP contribution in [0.4, 0.5) is 5.82 Å². The first kappa shape index (κ1) is 27.0. The molecule has 2 aromatic rings. The van der Waals surface area contributed by atoms with Gasteiger partial charge < -0.3 is 44.8 Å². The number of rotatable bonds is 9. The molecule has 1 saturated heterocycles. The molecule has 17 nitrogen and oxygen atoms in total. The van der Waals surface area contributed by atoms with Gasteiger partial charge in [-0.3, -0.25) is 4.52 Å². The van der Waals surface area contributed by atoms with E-state index < -0.39 is 54.5 Å². The summed E-state index contributed by atoms with van der Waals surface area (Å²) in [5.74, 6) is 0.241. The van der Waals surface area contributed by atoms with Crippen molar-refractivity contribution in [3.8, 4) is 0 Å². The number of nitrogen functional groups attached to an aromatic ring is 1. The van der Waals surface area contributed by atoms with E-state index in [2.05, 4.69) is 23.1 Å². The lowest BCUT2D eigenvalue weighted by Crippen LogP contribution is -2.35. The Morgan fingerprint density at radius 1 is 1.06 bits per heavy atom. The van der Waals surface area contributed by atoms with Gasteiger partial charge in [0.15, 0.2) is 0 Å². The Labute approximate surface area is 198 Å². The zero-order valence-corrected chi connectivity index (χ0v) is 20.9. The standard InChI is InChI=1S/C12H18IN4O13P3/c13-5-1-17(12-8(5)11(14)15-4-16-12)2-6-9(18)10(19)7(28-6)3-27-32(23,24)30-33(25,26)29-31(20,21)22/h1,4,6-7,9-10,18-19H,2-3H2,(H,23,24)(H,25,26)(H2,14,15,16)(H2,20,21,22)/t6-,7+,9+,10?/m0/s1. The summed E-state index contributed by atoms with van der Waals surface area (Å²) < 4.78 is 53.3. The lowest BCUT2D eigenvalue weighted by molar-refractivity contribution is -0.0256. The second-order valence-electron chi connectivity index (χ2n) is 6.67. The second-order valence-corrected chi connectivity index (χ2v) is 12.3. The Morgan fingerprint density at radius 3 is 2.33 bits per heavy atom. The van der Waals surface area contributed by atoms with Crippen LogP contribution in [0, 0.1) is 3.57 Å². The van der Waals surface area contributed by atoms with Gasteiger partial charge >= 0.3 is 23.5 Å². The fourth-order valence-corrected chi connectivity index (χ4v) is 6.90. The van der Waals surface area contributed by atoms with Crippen molar-refractivity contribution < 1.29 is 61.4 Å². The summed E-state index contributed by atoms with van der Waals surface area (Å²) in [5.41, 5.74) is 6.29. The molecule has 0 saturated carbocycles. The van der Waals surface area contributed by atoms with Crippen LogP contribution in [0.5, 0.6) is 0 Å². The van der Waals surface area contributed by atoms with E-state index in [1.54, 1.807) is 10.8 Å². The van der Waals surface area contributed by atoms with Gasteiger partial charge in [-0.15, -0.1) is 0 Å². The Morgan fingerprint density at radius 2 is 1.70 bits per heavy atom. The molecule has 0 radical (unpaired) electrons. The Bertz CT molecular complexity index is 1170. The molecule has 6 atom stereocenters. The van der Waals surface area contributed by atoms with Crippen molar-refractivity contribution in [2.24, 2.45) is 0 Å². The monoisotopic (exact) mass is 646 g/mol. The molecular formula is C12H18IN4O13P3. The number of nitrogens with zero attached hydrogens (tertiary/aromatic N) is 3. The van der Waals surface area contributed by atoms with Crippen LogP contribution in [0.1, 0.15) is 0 Å². The first-order valence-electron chi connectivity index (χ1n) is 8.63. The average molecular weight is 646 g/mol. The van der Waals surface area contributed by atoms with Gasteiger partial charge in [0, 0.05) is 9.77 Å². The molecule has 3 heterocycles. The van der Waals surface area contributed by atoms with E-state index in [9.17, 15) is 28.8 Å². The third kappa shape index (κ3) is 6.77. The molecule has 1 fully saturated rings. The smallest absolute Gasteiger partial charge is 0.388 e. The van der Waals surface area contributed by atoms with Crippen LogP contribution >= 0.6 is 46.1 Å². The fraction of sp³-hybridized carbons (Fsp3) is 0.500. The van der Waals surface area contributed by atoms with Crippen molar-refractivity contribution in [2.75, 3.05) is 12.3 Å². The van der Waals surface area contributed by atoms with E-state index in [-0.39, 0.29) is 12.4 Å². The number of aromatic nitrogens is 3. The molecule has 1 aliphatic rings. The van der Waals surface area contributed by atoms with Crippen molar-refractivity contribution in [1.82, 2.24) is 14.5 Å². The number of anilines is 1. The predicted octanol–water partition coefficient (Wildman–Crippen LogP) is -0.549. The SMILES string of the molecule is Nc1ncnc2c1c(I)cn2C[C@@H]1O[C@H](COP(=O)(O)OP(=O)(O)OP(=O)(O)O)C(O)[C@@H]1O. The summed E-state index contributed by atoms with van der Waals surface area (Å²) in [4.78, 5) is 43.7. The summed E-state index contributed by atoms with van der Waals surface area (Å²) in [6.07, 6.45) is -2.56. The van der Waals surface area contributed by atoms with Crippen LogP contribution < -0.4 is 5.73 Å². The fourth-order valence-electron chi connectivity index (χ4n) is 3.02. The van der Waals surface area contributed by atoms with E-state index in [1.165, 1.54) is 6.33 Å². The molecule has 0 aliphatic carbocycles. The highest BCUT2D eigenvalue weighted by atomic mass is 127. The van der Waals surface area contributed by atoms with Gasteiger partial charge in [0.2, 0.25) is 0 Å². The molecule has 2 aromatic heterocycles. The number of hydrogen-bond acceptors (Lipinski definition) is 12. The number of hydrogen-bond donors (Lipinski definition) is 7. The van der Waals surface area contributed by atoms with E-state index in [4.69, 9.17) is 25.2 Å². The van der Waals surface area contributed by atoms with E-state index in [0.717, 1.165) is 3.57 Å². The molecule has 1 aliphatic heterocycles. The highest BCUT2D eigenvalue weighted by molar-refractivity contribution is 14.1. The van der Waals surface area contributed by atoms with Gasteiger partial charge in [-0.1, -0.05) is 0 Å².